The average Bonchev–Trinajstić information content (AvgIpc) is 2.95. The highest BCUT2D eigenvalue weighted by Gasteiger charge is 2.25. The Balaban J connectivity index is 1.58. The normalized spacial score (nSPS) is 20.9. The molecule has 1 aromatic carbocycles. The molecule has 5 nitrogen and oxygen atoms in total. The summed E-state index contributed by atoms with van der Waals surface area (Å²) in [5.74, 6) is -0.815. The number of carbonyl (C=O) groups is 1. The van der Waals surface area contributed by atoms with Crippen molar-refractivity contribution in [2.24, 2.45) is 5.92 Å². The lowest BCUT2D eigenvalue weighted by Gasteiger charge is -2.26. The molecule has 1 aliphatic carbocycles. The van der Waals surface area contributed by atoms with Gasteiger partial charge in [0.15, 0.2) is 0 Å². The Labute approximate surface area is 150 Å². The van der Waals surface area contributed by atoms with Gasteiger partial charge in [0, 0.05) is 28.8 Å². The molecule has 6 heteroatoms. The number of aromatic nitrogens is 2. The van der Waals surface area contributed by atoms with Crippen molar-refractivity contribution in [2.75, 3.05) is 0 Å². The highest BCUT2D eigenvalue weighted by Crippen LogP contribution is 2.25. The van der Waals surface area contributed by atoms with Gasteiger partial charge in [-0.15, -0.1) is 0 Å². The molecule has 0 bridgehead atoms. The van der Waals surface area contributed by atoms with E-state index in [1.54, 1.807) is 0 Å². The van der Waals surface area contributed by atoms with Gasteiger partial charge in [-0.1, -0.05) is 15.9 Å². The van der Waals surface area contributed by atoms with E-state index in [0.29, 0.717) is 6.04 Å². The minimum absolute atomic E-state index is 0.162. The molecule has 1 fully saturated rings. The van der Waals surface area contributed by atoms with Crippen LogP contribution in [0.4, 0.5) is 0 Å². The molecule has 1 saturated carbocycles. The zero-order chi connectivity index (χ0) is 17.1. The number of hydrogen-bond acceptors (Lipinski definition) is 3. The molecule has 0 radical (unpaired) electrons. The molecule has 0 amide bonds. The molecule has 0 atom stereocenters. The molecule has 0 aliphatic heterocycles. The molecule has 24 heavy (non-hydrogen) atoms. The third-order valence-corrected chi connectivity index (χ3v) is 5.28. The van der Waals surface area contributed by atoms with Crippen LogP contribution in [0.3, 0.4) is 0 Å². The van der Waals surface area contributed by atoms with E-state index in [2.05, 4.69) is 32.5 Å². The van der Waals surface area contributed by atoms with Crippen LogP contribution in [0, 0.1) is 12.8 Å². The predicted octanol–water partition coefficient (Wildman–Crippen LogP) is 3.68. The van der Waals surface area contributed by atoms with Gasteiger partial charge in [0.2, 0.25) is 0 Å². The van der Waals surface area contributed by atoms with Gasteiger partial charge in [0.05, 0.1) is 17.3 Å². The highest BCUT2D eigenvalue weighted by molar-refractivity contribution is 9.10. The summed E-state index contributed by atoms with van der Waals surface area (Å²) in [5, 5.41) is 17.2. The van der Waals surface area contributed by atoms with Crippen LogP contribution in [-0.4, -0.2) is 26.9 Å². The van der Waals surface area contributed by atoms with E-state index >= 15 is 0 Å². The van der Waals surface area contributed by atoms with Crippen LogP contribution in [0.25, 0.3) is 5.69 Å². The van der Waals surface area contributed by atoms with Crippen molar-refractivity contribution < 1.29 is 9.90 Å². The van der Waals surface area contributed by atoms with Gasteiger partial charge in [-0.05, 0) is 56.9 Å². The number of rotatable bonds is 5. The Hall–Kier alpha value is -1.66. The zero-order valence-electron chi connectivity index (χ0n) is 13.7. The lowest BCUT2D eigenvalue weighted by atomic mass is 9.86. The van der Waals surface area contributed by atoms with Crippen LogP contribution >= 0.6 is 15.9 Å². The number of nitrogens with one attached hydrogen (secondary N) is 1. The number of carboxylic acids is 1. The van der Waals surface area contributed by atoms with Crippen molar-refractivity contribution in [1.29, 1.82) is 0 Å². The molecule has 2 aromatic rings. The van der Waals surface area contributed by atoms with Crippen molar-refractivity contribution >= 4 is 21.9 Å². The summed E-state index contributed by atoms with van der Waals surface area (Å²) in [6.45, 7) is 2.79. The van der Waals surface area contributed by atoms with Gasteiger partial charge in [-0.3, -0.25) is 4.79 Å². The van der Waals surface area contributed by atoms with Crippen molar-refractivity contribution in [1.82, 2.24) is 15.1 Å². The second-order valence-corrected chi connectivity index (χ2v) is 7.34. The second kappa shape index (κ2) is 7.49. The summed E-state index contributed by atoms with van der Waals surface area (Å²) < 4.78 is 2.95. The van der Waals surface area contributed by atoms with E-state index in [-0.39, 0.29) is 5.92 Å². The summed E-state index contributed by atoms with van der Waals surface area (Å²) in [6.07, 6.45) is 5.45. The lowest BCUT2D eigenvalue weighted by molar-refractivity contribution is -0.142. The molecule has 128 valence electrons. The maximum absolute atomic E-state index is 11.0. The van der Waals surface area contributed by atoms with E-state index in [9.17, 15) is 4.79 Å². The van der Waals surface area contributed by atoms with Crippen molar-refractivity contribution in [3.05, 3.63) is 46.2 Å². The van der Waals surface area contributed by atoms with Gasteiger partial charge in [0.1, 0.15) is 0 Å². The minimum atomic E-state index is -0.653. The quantitative estimate of drug-likeness (QED) is 0.815. The fraction of sp³-hybridized carbons (Fsp3) is 0.444. The van der Waals surface area contributed by atoms with Crippen molar-refractivity contribution in [2.45, 2.75) is 45.2 Å². The molecule has 0 saturated heterocycles. The van der Waals surface area contributed by atoms with Crippen LogP contribution in [-0.2, 0) is 11.3 Å². The highest BCUT2D eigenvalue weighted by atomic mass is 79.9. The molecule has 1 heterocycles. The van der Waals surface area contributed by atoms with Crippen LogP contribution in [0.2, 0.25) is 0 Å². The number of benzene rings is 1. The maximum Gasteiger partial charge on any atom is 0.306 e. The smallest absolute Gasteiger partial charge is 0.306 e. The SMILES string of the molecule is Cc1nn(-c2ccc(Br)cc2)cc1CNC1CCC(C(=O)O)CC1. The van der Waals surface area contributed by atoms with Gasteiger partial charge < -0.3 is 10.4 Å². The van der Waals surface area contributed by atoms with E-state index < -0.39 is 5.97 Å². The molecule has 1 aromatic heterocycles. The Kier molecular flexibility index (Phi) is 5.36. The molecule has 0 spiro atoms. The fourth-order valence-electron chi connectivity index (χ4n) is 3.19. The number of nitrogens with zero attached hydrogens (tertiary/aromatic N) is 2. The molecular formula is C18H22BrN3O2. The van der Waals surface area contributed by atoms with Crippen LogP contribution < -0.4 is 5.32 Å². The summed E-state index contributed by atoms with van der Waals surface area (Å²) >= 11 is 3.44. The molecule has 2 N–H and O–H groups in total. The third-order valence-electron chi connectivity index (χ3n) is 4.75. The summed E-state index contributed by atoms with van der Waals surface area (Å²) in [4.78, 5) is 11.0. The molecule has 0 unspecified atom stereocenters. The topological polar surface area (TPSA) is 67.2 Å². The zero-order valence-corrected chi connectivity index (χ0v) is 15.3. The van der Waals surface area contributed by atoms with E-state index in [1.807, 2.05) is 35.9 Å². The fourth-order valence-corrected chi connectivity index (χ4v) is 3.46. The minimum Gasteiger partial charge on any atom is -0.481 e. The van der Waals surface area contributed by atoms with E-state index in [0.717, 1.165) is 48.1 Å². The third kappa shape index (κ3) is 4.05. The van der Waals surface area contributed by atoms with Gasteiger partial charge in [-0.2, -0.15) is 5.10 Å². The largest absolute Gasteiger partial charge is 0.481 e. The number of carboxylic acid groups (broad SMARTS) is 1. The standard InChI is InChI=1S/C18H22BrN3O2/c1-12-14(10-20-16-6-2-13(3-7-16)18(23)24)11-22(21-12)17-8-4-15(19)5-9-17/h4-5,8-9,11,13,16,20H,2-3,6-7,10H2,1H3,(H,23,24). The monoisotopic (exact) mass is 391 g/mol. The van der Waals surface area contributed by atoms with Gasteiger partial charge in [-0.25, -0.2) is 4.68 Å². The summed E-state index contributed by atoms with van der Waals surface area (Å²) in [5.41, 5.74) is 3.23. The molecule has 3 rings (SSSR count). The van der Waals surface area contributed by atoms with Crippen LogP contribution in [0.15, 0.2) is 34.9 Å². The summed E-state index contributed by atoms with van der Waals surface area (Å²) in [6, 6.07) is 8.47. The average molecular weight is 392 g/mol. The maximum atomic E-state index is 11.0. The van der Waals surface area contributed by atoms with Gasteiger partial charge in [0.25, 0.3) is 0 Å². The van der Waals surface area contributed by atoms with Crippen molar-refractivity contribution in [3.63, 3.8) is 0 Å². The first-order chi connectivity index (χ1) is 11.5. The Morgan fingerprint density at radius 2 is 1.96 bits per heavy atom. The van der Waals surface area contributed by atoms with Crippen LogP contribution in [0.1, 0.15) is 36.9 Å². The predicted molar refractivity (Wildman–Crippen MR) is 96.2 cm³/mol. The lowest BCUT2D eigenvalue weighted by Crippen LogP contribution is -2.34. The first-order valence-corrected chi connectivity index (χ1v) is 9.09. The number of hydrogen-bond donors (Lipinski definition) is 2. The van der Waals surface area contributed by atoms with E-state index in [1.165, 1.54) is 5.56 Å². The van der Waals surface area contributed by atoms with Gasteiger partial charge >= 0.3 is 5.97 Å². The molecular weight excluding hydrogens is 370 g/mol. The Bertz CT molecular complexity index is 704. The van der Waals surface area contributed by atoms with E-state index in [4.69, 9.17) is 5.11 Å². The first-order valence-electron chi connectivity index (χ1n) is 8.30. The summed E-state index contributed by atoms with van der Waals surface area (Å²) in [7, 11) is 0. The second-order valence-electron chi connectivity index (χ2n) is 6.43. The Morgan fingerprint density at radius 3 is 2.58 bits per heavy atom. The molecule has 1 aliphatic rings. The Morgan fingerprint density at radius 1 is 1.29 bits per heavy atom. The number of aliphatic carboxylic acids is 1. The number of aryl methyl sites for hydroxylation is 1. The van der Waals surface area contributed by atoms with Crippen molar-refractivity contribution in [3.8, 4) is 5.69 Å². The van der Waals surface area contributed by atoms with Crippen LogP contribution in [0.5, 0.6) is 0 Å². The first kappa shape index (κ1) is 17.2. The number of halogens is 1.